The summed E-state index contributed by atoms with van der Waals surface area (Å²) in [5, 5.41) is 8.36. The molecule has 0 aliphatic rings. The lowest BCUT2D eigenvalue weighted by molar-refractivity contribution is -0.124. The number of nitrogens with one attached hydrogen (secondary N) is 3. The molecule has 3 aromatic rings. The Kier molecular flexibility index (Phi) is 5.88. The third-order valence-corrected chi connectivity index (χ3v) is 4.29. The van der Waals surface area contributed by atoms with E-state index >= 15 is 0 Å². The molecule has 1 aromatic heterocycles. The van der Waals surface area contributed by atoms with Crippen LogP contribution in [0.2, 0.25) is 5.02 Å². The van der Waals surface area contributed by atoms with E-state index in [0.717, 1.165) is 22.0 Å². The normalized spacial score (nSPS) is 11.0. The van der Waals surface area contributed by atoms with Gasteiger partial charge < -0.3 is 10.3 Å². The molecule has 1 heterocycles. The number of aromatic amines is 1. The van der Waals surface area contributed by atoms with Crippen LogP contribution in [-0.2, 0) is 9.59 Å². The highest BCUT2D eigenvalue weighted by Gasteiger charge is 2.08. The number of aromatic nitrogens is 1. The summed E-state index contributed by atoms with van der Waals surface area (Å²) in [6, 6.07) is 13.0. The van der Waals surface area contributed by atoms with Gasteiger partial charge >= 0.3 is 0 Å². The smallest absolute Gasteiger partial charge is 0.240 e. The van der Waals surface area contributed by atoms with E-state index < -0.39 is 0 Å². The molecule has 0 saturated heterocycles. The van der Waals surface area contributed by atoms with Crippen molar-refractivity contribution in [2.24, 2.45) is 5.10 Å². The highest BCUT2D eigenvalue weighted by Crippen LogP contribution is 2.19. The van der Waals surface area contributed by atoms with Crippen molar-refractivity contribution in [1.29, 1.82) is 0 Å². The number of halogens is 1. The minimum Gasteiger partial charge on any atom is -0.361 e. The molecule has 0 bridgehead atoms. The molecule has 0 saturated carbocycles. The predicted octanol–water partition coefficient (Wildman–Crippen LogP) is 4.00. The lowest BCUT2D eigenvalue weighted by Gasteiger charge is -2.08. The number of carbonyl (C=O) groups is 2. The maximum atomic E-state index is 12.0. The Morgan fingerprint density at radius 1 is 1.15 bits per heavy atom. The van der Waals surface area contributed by atoms with Gasteiger partial charge in [0.1, 0.15) is 0 Å². The van der Waals surface area contributed by atoms with Crippen molar-refractivity contribution in [3.63, 3.8) is 0 Å². The molecule has 0 aliphatic carbocycles. The maximum absolute atomic E-state index is 12.0. The second-order valence-electron chi connectivity index (χ2n) is 6.09. The first-order chi connectivity index (χ1) is 13.0. The largest absolute Gasteiger partial charge is 0.361 e. The van der Waals surface area contributed by atoms with E-state index in [0.29, 0.717) is 10.7 Å². The summed E-state index contributed by atoms with van der Waals surface area (Å²) in [5.41, 5.74) is 5.87. The van der Waals surface area contributed by atoms with Crippen LogP contribution in [0.5, 0.6) is 0 Å². The molecular weight excluding hydrogens is 364 g/mol. The average molecular weight is 383 g/mol. The van der Waals surface area contributed by atoms with E-state index in [9.17, 15) is 9.59 Å². The van der Waals surface area contributed by atoms with E-state index in [-0.39, 0.29) is 24.7 Å². The highest BCUT2D eigenvalue weighted by atomic mass is 35.5. The molecule has 6 nitrogen and oxygen atoms in total. The maximum Gasteiger partial charge on any atom is 0.240 e. The number of fused-ring (bicyclic) bond motifs is 1. The number of nitrogens with zero attached hydrogens (tertiary/aromatic N) is 1. The summed E-state index contributed by atoms with van der Waals surface area (Å²) in [6.45, 7) is 1.85. The Bertz CT molecular complexity index is 1010. The third kappa shape index (κ3) is 4.95. The molecule has 0 spiro atoms. The number of H-pyrrole nitrogens is 1. The first kappa shape index (κ1) is 18.7. The molecule has 27 heavy (non-hydrogen) atoms. The summed E-state index contributed by atoms with van der Waals surface area (Å²) in [6.07, 6.45) is 3.51. The molecule has 3 rings (SSSR count). The minimum atomic E-state index is -0.325. The quantitative estimate of drug-likeness (QED) is 0.444. The molecule has 138 valence electrons. The number of amides is 2. The molecule has 7 heteroatoms. The van der Waals surface area contributed by atoms with Gasteiger partial charge in [0.15, 0.2) is 0 Å². The first-order valence-corrected chi connectivity index (χ1v) is 8.85. The van der Waals surface area contributed by atoms with Crippen LogP contribution in [0, 0.1) is 6.92 Å². The summed E-state index contributed by atoms with van der Waals surface area (Å²) in [4.78, 5) is 27.0. The average Bonchev–Trinajstić information content (AvgIpc) is 3.06. The molecule has 2 aromatic carbocycles. The number of hydrazone groups is 1. The van der Waals surface area contributed by atoms with Gasteiger partial charge in [-0.2, -0.15) is 5.10 Å². The Labute approximate surface area is 161 Å². The van der Waals surface area contributed by atoms with Gasteiger partial charge in [-0.15, -0.1) is 0 Å². The monoisotopic (exact) mass is 382 g/mol. The predicted molar refractivity (Wildman–Crippen MR) is 108 cm³/mol. The molecule has 0 radical (unpaired) electrons. The fraction of sp³-hybridized carbons (Fsp3) is 0.150. The van der Waals surface area contributed by atoms with E-state index in [1.54, 1.807) is 24.4 Å². The van der Waals surface area contributed by atoms with Crippen LogP contribution in [0.15, 0.2) is 53.8 Å². The molecule has 0 atom stereocenters. The van der Waals surface area contributed by atoms with Crippen molar-refractivity contribution in [2.75, 3.05) is 5.32 Å². The van der Waals surface area contributed by atoms with Gasteiger partial charge in [0, 0.05) is 46.2 Å². The van der Waals surface area contributed by atoms with Gasteiger partial charge in [-0.05, 0) is 36.8 Å². The molecule has 0 aliphatic heterocycles. The third-order valence-electron chi connectivity index (χ3n) is 4.06. The minimum absolute atomic E-state index is 0.0453. The van der Waals surface area contributed by atoms with Crippen molar-refractivity contribution >= 4 is 46.2 Å². The van der Waals surface area contributed by atoms with Crippen LogP contribution in [0.4, 0.5) is 5.69 Å². The second kappa shape index (κ2) is 8.51. The zero-order valence-electron chi connectivity index (χ0n) is 14.8. The summed E-state index contributed by atoms with van der Waals surface area (Å²) >= 11 is 5.89. The SMILES string of the molecule is Cc1cc(Cl)ccc1NC(=O)CCC(=O)NN=Cc1c[nH]c2ccccc12. The van der Waals surface area contributed by atoms with Gasteiger partial charge in [0.2, 0.25) is 11.8 Å². The lowest BCUT2D eigenvalue weighted by Crippen LogP contribution is -2.20. The molecule has 0 fully saturated rings. The van der Waals surface area contributed by atoms with Crippen LogP contribution < -0.4 is 10.7 Å². The number of rotatable bonds is 6. The Morgan fingerprint density at radius 2 is 1.93 bits per heavy atom. The van der Waals surface area contributed by atoms with Crippen LogP contribution in [0.1, 0.15) is 24.0 Å². The molecular formula is C20H19ClN4O2. The second-order valence-corrected chi connectivity index (χ2v) is 6.53. The van der Waals surface area contributed by atoms with Crippen LogP contribution in [0.3, 0.4) is 0 Å². The van der Waals surface area contributed by atoms with Crippen molar-refractivity contribution < 1.29 is 9.59 Å². The standard InChI is InChI=1S/C20H19ClN4O2/c1-13-10-15(21)6-7-17(13)24-19(26)8-9-20(27)25-23-12-14-11-22-18-5-3-2-4-16(14)18/h2-7,10-12,22H,8-9H2,1H3,(H,24,26)(H,25,27). The van der Waals surface area contributed by atoms with Gasteiger partial charge in [-0.25, -0.2) is 5.43 Å². The Hall–Kier alpha value is -3.12. The van der Waals surface area contributed by atoms with Crippen LogP contribution >= 0.6 is 11.6 Å². The number of hydrogen-bond acceptors (Lipinski definition) is 3. The van der Waals surface area contributed by atoms with Crippen molar-refractivity contribution in [3.05, 3.63) is 64.8 Å². The number of carbonyl (C=O) groups excluding carboxylic acids is 2. The Balaban J connectivity index is 1.47. The van der Waals surface area contributed by atoms with Gasteiger partial charge in [0.05, 0.1) is 6.21 Å². The highest BCUT2D eigenvalue weighted by molar-refractivity contribution is 6.30. The van der Waals surface area contributed by atoms with Gasteiger partial charge in [-0.1, -0.05) is 29.8 Å². The van der Waals surface area contributed by atoms with Crippen molar-refractivity contribution in [2.45, 2.75) is 19.8 Å². The zero-order valence-corrected chi connectivity index (χ0v) is 15.5. The van der Waals surface area contributed by atoms with Crippen LogP contribution in [-0.4, -0.2) is 23.0 Å². The number of benzene rings is 2. The Morgan fingerprint density at radius 3 is 2.74 bits per heavy atom. The lowest BCUT2D eigenvalue weighted by atomic mass is 10.2. The first-order valence-electron chi connectivity index (χ1n) is 8.47. The summed E-state index contributed by atoms with van der Waals surface area (Å²) < 4.78 is 0. The summed E-state index contributed by atoms with van der Waals surface area (Å²) in [5.74, 6) is -0.565. The fourth-order valence-corrected chi connectivity index (χ4v) is 2.86. The number of hydrogen-bond donors (Lipinski definition) is 3. The van der Waals surface area contributed by atoms with Crippen molar-refractivity contribution in [3.8, 4) is 0 Å². The number of para-hydroxylation sites is 1. The van der Waals surface area contributed by atoms with Crippen LogP contribution in [0.25, 0.3) is 10.9 Å². The van der Waals surface area contributed by atoms with Gasteiger partial charge in [0.25, 0.3) is 0 Å². The van der Waals surface area contributed by atoms with E-state index in [1.807, 2.05) is 37.4 Å². The van der Waals surface area contributed by atoms with Crippen molar-refractivity contribution in [1.82, 2.24) is 10.4 Å². The molecule has 3 N–H and O–H groups in total. The van der Waals surface area contributed by atoms with E-state index in [2.05, 4.69) is 20.8 Å². The topological polar surface area (TPSA) is 86.3 Å². The number of aryl methyl sites for hydroxylation is 1. The molecule has 0 unspecified atom stereocenters. The molecule has 2 amide bonds. The van der Waals surface area contributed by atoms with Gasteiger partial charge in [-0.3, -0.25) is 9.59 Å². The fourth-order valence-electron chi connectivity index (χ4n) is 2.64. The zero-order chi connectivity index (χ0) is 19.2. The van der Waals surface area contributed by atoms with E-state index in [1.165, 1.54) is 0 Å². The van der Waals surface area contributed by atoms with E-state index in [4.69, 9.17) is 11.6 Å². The number of anilines is 1. The summed E-state index contributed by atoms with van der Waals surface area (Å²) in [7, 11) is 0.